The van der Waals surface area contributed by atoms with E-state index in [4.69, 9.17) is 10.2 Å². The van der Waals surface area contributed by atoms with Crippen LogP contribution in [0.3, 0.4) is 0 Å². The molecule has 3 N–H and O–H groups in total. The Bertz CT molecular complexity index is 428. The zero-order valence-corrected chi connectivity index (χ0v) is 9.49. The molecule has 0 aromatic carbocycles. The Morgan fingerprint density at radius 3 is 2.82 bits per heavy atom. The van der Waals surface area contributed by atoms with Crippen molar-refractivity contribution in [3.05, 3.63) is 54.2 Å². The van der Waals surface area contributed by atoms with E-state index < -0.39 is 6.10 Å². The van der Waals surface area contributed by atoms with Crippen LogP contribution in [0, 0.1) is 0 Å². The molecule has 90 valence electrons. The molecule has 0 saturated heterocycles. The predicted molar refractivity (Wildman–Crippen MR) is 64.3 cm³/mol. The second-order valence-electron chi connectivity index (χ2n) is 4.08. The predicted octanol–water partition coefficient (Wildman–Crippen LogP) is 1.15. The van der Waals surface area contributed by atoms with Gasteiger partial charge in [0.2, 0.25) is 0 Å². The van der Waals surface area contributed by atoms with Crippen LogP contribution in [0.4, 0.5) is 0 Å². The van der Waals surface area contributed by atoms with Crippen molar-refractivity contribution in [3.8, 4) is 0 Å². The molecular weight excluding hydrogens is 216 g/mol. The zero-order valence-electron chi connectivity index (χ0n) is 9.49. The summed E-state index contributed by atoms with van der Waals surface area (Å²) in [6.45, 7) is 0. The zero-order chi connectivity index (χ0) is 12.1. The maximum absolute atomic E-state index is 9.95. The van der Waals surface area contributed by atoms with Gasteiger partial charge in [-0.3, -0.25) is 4.98 Å². The lowest BCUT2D eigenvalue weighted by Gasteiger charge is -2.17. The molecule has 2 aromatic rings. The number of aromatic nitrogens is 1. The molecule has 0 aliphatic rings. The number of furan rings is 1. The molecule has 4 nitrogen and oxygen atoms in total. The molecule has 2 heterocycles. The van der Waals surface area contributed by atoms with E-state index in [1.54, 1.807) is 24.7 Å². The average Bonchev–Trinajstić information content (AvgIpc) is 2.83. The molecule has 0 aliphatic carbocycles. The molecule has 0 bridgehead atoms. The van der Waals surface area contributed by atoms with E-state index in [0.29, 0.717) is 12.8 Å². The van der Waals surface area contributed by atoms with Crippen LogP contribution in [0.1, 0.15) is 11.3 Å². The summed E-state index contributed by atoms with van der Waals surface area (Å²) in [5, 5.41) is 9.95. The van der Waals surface area contributed by atoms with Crippen LogP contribution >= 0.6 is 0 Å². The van der Waals surface area contributed by atoms with Crippen LogP contribution in [0.2, 0.25) is 0 Å². The number of aliphatic hydroxyl groups is 1. The quantitative estimate of drug-likeness (QED) is 0.811. The van der Waals surface area contributed by atoms with Crippen LogP contribution in [0.5, 0.6) is 0 Å². The van der Waals surface area contributed by atoms with Crippen molar-refractivity contribution in [2.45, 2.75) is 25.0 Å². The Morgan fingerprint density at radius 2 is 2.18 bits per heavy atom. The molecule has 0 aliphatic heterocycles. The van der Waals surface area contributed by atoms with Crippen LogP contribution in [0.15, 0.2) is 47.3 Å². The Hall–Kier alpha value is -1.65. The van der Waals surface area contributed by atoms with Crippen LogP contribution < -0.4 is 5.73 Å². The molecule has 0 spiro atoms. The third-order valence-corrected chi connectivity index (χ3v) is 2.68. The van der Waals surface area contributed by atoms with Crippen LogP contribution in [-0.4, -0.2) is 22.2 Å². The van der Waals surface area contributed by atoms with Gasteiger partial charge in [0.05, 0.1) is 12.4 Å². The van der Waals surface area contributed by atoms with E-state index in [-0.39, 0.29) is 6.04 Å². The van der Waals surface area contributed by atoms with Gasteiger partial charge in [-0.2, -0.15) is 0 Å². The first-order valence-corrected chi connectivity index (χ1v) is 5.60. The highest BCUT2D eigenvalue weighted by Crippen LogP contribution is 2.09. The average molecular weight is 232 g/mol. The molecule has 2 rings (SSSR count). The van der Waals surface area contributed by atoms with Gasteiger partial charge in [0.15, 0.2) is 0 Å². The molecule has 0 amide bonds. The summed E-state index contributed by atoms with van der Waals surface area (Å²) >= 11 is 0. The summed E-state index contributed by atoms with van der Waals surface area (Å²) in [7, 11) is 0. The summed E-state index contributed by atoms with van der Waals surface area (Å²) < 4.78 is 5.18. The Balaban J connectivity index is 1.89. The first-order valence-electron chi connectivity index (χ1n) is 5.60. The molecule has 2 aromatic heterocycles. The molecule has 0 saturated carbocycles. The number of nitrogens with zero attached hydrogens (tertiary/aromatic N) is 1. The van der Waals surface area contributed by atoms with Crippen molar-refractivity contribution in [2.75, 3.05) is 0 Å². The van der Waals surface area contributed by atoms with Crippen molar-refractivity contribution in [3.63, 3.8) is 0 Å². The molecular formula is C13H16N2O2. The fraction of sp³-hybridized carbons (Fsp3) is 0.308. The fourth-order valence-electron chi connectivity index (χ4n) is 1.71. The number of aliphatic hydroxyl groups excluding tert-OH is 1. The van der Waals surface area contributed by atoms with Gasteiger partial charge in [0.25, 0.3) is 0 Å². The summed E-state index contributed by atoms with van der Waals surface area (Å²) in [4.78, 5) is 4.02. The third kappa shape index (κ3) is 3.41. The fourth-order valence-corrected chi connectivity index (χ4v) is 1.71. The molecule has 17 heavy (non-hydrogen) atoms. The lowest BCUT2D eigenvalue weighted by atomic mass is 10.0. The van der Waals surface area contributed by atoms with Gasteiger partial charge < -0.3 is 15.3 Å². The maximum Gasteiger partial charge on any atom is 0.106 e. The Labute approximate surface area is 100 Å². The van der Waals surface area contributed by atoms with Gasteiger partial charge >= 0.3 is 0 Å². The smallest absolute Gasteiger partial charge is 0.106 e. The highest BCUT2D eigenvalue weighted by atomic mass is 16.3. The number of hydrogen-bond donors (Lipinski definition) is 2. The SMILES string of the molecule is NC(Cc1cccnc1)C(O)Cc1ccco1. The molecule has 0 fully saturated rings. The van der Waals surface area contributed by atoms with Gasteiger partial charge in [-0.1, -0.05) is 6.07 Å². The lowest BCUT2D eigenvalue weighted by molar-refractivity contribution is 0.138. The molecule has 4 heteroatoms. The minimum Gasteiger partial charge on any atom is -0.469 e. The van der Waals surface area contributed by atoms with E-state index >= 15 is 0 Å². The standard InChI is InChI=1S/C13H16N2O2/c14-12(7-10-3-1-5-15-9-10)13(16)8-11-4-2-6-17-11/h1-6,9,12-13,16H,7-8,14H2. The first kappa shape index (κ1) is 11.8. The largest absolute Gasteiger partial charge is 0.469 e. The first-order chi connectivity index (χ1) is 8.25. The van der Waals surface area contributed by atoms with Crippen molar-refractivity contribution in [1.82, 2.24) is 4.98 Å². The van der Waals surface area contributed by atoms with E-state index in [9.17, 15) is 5.11 Å². The molecule has 2 atom stereocenters. The number of pyridine rings is 1. The minimum absolute atomic E-state index is 0.315. The van der Waals surface area contributed by atoms with E-state index in [1.807, 2.05) is 18.2 Å². The number of rotatable bonds is 5. The second kappa shape index (κ2) is 5.61. The monoisotopic (exact) mass is 232 g/mol. The number of hydrogen-bond acceptors (Lipinski definition) is 4. The number of nitrogens with two attached hydrogens (primary N) is 1. The van der Waals surface area contributed by atoms with Crippen molar-refractivity contribution >= 4 is 0 Å². The third-order valence-electron chi connectivity index (χ3n) is 2.68. The van der Waals surface area contributed by atoms with Crippen molar-refractivity contribution < 1.29 is 9.52 Å². The highest BCUT2D eigenvalue weighted by Gasteiger charge is 2.17. The van der Waals surface area contributed by atoms with Gasteiger partial charge in [-0.25, -0.2) is 0 Å². The van der Waals surface area contributed by atoms with Crippen LogP contribution in [0.25, 0.3) is 0 Å². The molecule has 2 unspecified atom stereocenters. The minimum atomic E-state index is -0.610. The maximum atomic E-state index is 9.95. The topological polar surface area (TPSA) is 72.3 Å². The van der Waals surface area contributed by atoms with Gasteiger partial charge in [-0.05, 0) is 30.2 Å². The Morgan fingerprint density at radius 1 is 1.29 bits per heavy atom. The van der Waals surface area contributed by atoms with Gasteiger partial charge in [0.1, 0.15) is 5.76 Å². The second-order valence-corrected chi connectivity index (χ2v) is 4.08. The van der Waals surface area contributed by atoms with Crippen LogP contribution in [-0.2, 0) is 12.8 Å². The van der Waals surface area contributed by atoms with Crippen molar-refractivity contribution in [1.29, 1.82) is 0 Å². The van der Waals surface area contributed by atoms with E-state index in [2.05, 4.69) is 4.98 Å². The van der Waals surface area contributed by atoms with Gasteiger partial charge in [0, 0.05) is 24.9 Å². The van der Waals surface area contributed by atoms with E-state index in [0.717, 1.165) is 11.3 Å². The normalized spacial score (nSPS) is 14.5. The highest BCUT2D eigenvalue weighted by molar-refractivity contribution is 5.11. The van der Waals surface area contributed by atoms with Crippen molar-refractivity contribution in [2.24, 2.45) is 5.73 Å². The summed E-state index contributed by atoms with van der Waals surface area (Å²) in [6.07, 6.45) is 5.51. The summed E-state index contributed by atoms with van der Waals surface area (Å²) in [6, 6.07) is 7.13. The Kier molecular flexibility index (Phi) is 3.90. The molecule has 0 radical (unpaired) electrons. The van der Waals surface area contributed by atoms with E-state index in [1.165, 1.54) is 0 Å². The summed E-state index contributed by atoms with van der Waals surface area (Å²) in [5.41, 5.74) is 6.97. The van der Waals surface area contributed by atoms with Gasteiger partial charge in [-0.15, -0.1) is 0 Å². The summed E-state index contributed by atoms with van der Waals surface area (Å²) in [5.74, 6) is 0.749. The lowest BCUT2D eigenvalue weighted by Crippen LogP contribution is -2.38.